The van der Waals surface area contributed by atoms with Crippen LogP contribution in [-0.4, -0.2) is 35.1 Å². The van der Waals surface area contributed by atoms with Gasteiger partial charge in [0.2, 0.25) is 0 Å². The van der Waals surface area contributed by atoms with E-state index >= 15 is 0 Å². The molecule has 2 rings (SSSR count). The molecule has 0 unspecified atom stereocenters. The molecule has 0 amide bonds. The van der Waals surface area contributed by atoms with Crippen molar-refractivity contribution in [1.29, 1.82) is 0 Å². The van der Waals surface area contributed by atoms with Crippen molar-refractivity contribution in [2.24, 2.45) is 10.3 Å². The fraction of sp³-hybridized carbons (Fsp3) is 0.588. The molecular weight excluding hydrogens is 500 g/mol. The number of benzene rings is 2. The zero-order valence-corrected chi connectivity index (χ0v) is 25.0. The Hall–Kier alpha value is -3.02. The molecule has 0 fully saturated rings. The summed E-state index contributed by atoms with van der Waals surface area (Å²) >= 11 is 0. The van der Waals surface area contributed by atoms with Crippen molar-refractivity contribution in [3.63, 3.8) is 0 Å². The Balaban J connectivity index is 1.76. The predicted molar refractivity (Wildman–Crippen MR) is 166 cm³/mol. The lowest BCUT2D eigenvalue weighted by atomic mass is 10.00. The Kier molecular flexibility index (Phi) is 18.1. The molecule has 222 valence electrons. The van der Waals surface area contributed by atoms with Crippen LogP contribution < -0.4 is 9.47 Å². The molecule has 2 N–H and O–H groups in total. The first-order chi connectivity index (χ1) is 19.7. The van der Waals surface area contributed by atoms with Crippen molar-refractivity contribution in [3.8, 4) is 11.5 Å². The highest BCUT2D eigenvalue weighted by Gasteiger charge is 2.16. The van der Waals surface area contributed by atoms with Crippen molar-refractivity contribution in [2.45, 2.75) is 117 Å². The Morgan fingerprint density at radius 1 is 0.475 bits per heavy atom. The van der Waals surface area contributed by atoms with E-state index in [-0.39, 0.29) is 11.4 Å². The van der Waals surface area contributed by atoms with Crippen molar-refractivity contribution in [3.05, 3.63) is 59.7 Å². The van der Waals surface area contributed by atoms with Crippen LogP contribution in [0.5, 0.6) is 11.5 Å². The second-order valence-electron chi connectivity index (χ2n) is 10.6. The lowest BCUT2D eigenvalue weighted by Gasteiger charge is -2.11. The minimum atomic E-state index is 0.185. The first-order valence-corrected chi connectivity index (χ1v) is 15.6. The number of ether oxygens (including phenoxy) is 2. The molecule has 6 nitrogen and oxygen atoms in total. The lowest BCUT2D eigenvalue weighted by molar-refractivity contribution is 0.304. The summed E-state index contributed by atoms with van der Waals surface area (Å²) in [6, 6.07) is 14.6. The Morgan fingerprint density at radius 3 is 1.07 bits per heavy atom. The molecule has 0 aromatic heterocycles. The normalized spacial score (nSPS) is 12.1. The highest BCUT2D eigenvalue weighted by molar-refractivity contribution is 6.53. The lowest BCUT2D eigenvalue weighted by Crippen LogP contribution is -2.17. The molecule has 2 aromatic rings. The molecule has 0 aliphatic carbocycles. The first kappa shape index (κ1) is 33.2. The average Bonchev–Trinajstić information content (AvgIpc) is 2.99. The standard InChI is InChI=1S/C34H52N2O4/c1-3-5-7-9-11-13-15-17-27-39-31-23-19-29(20-24-31)33(35-37)34(36-38)30-21-25-32(26-22-30)40-28-18-16-14-12-10-8-6-4-2/h19-26,37-38H,3-18,27-28H2,1-2H3/b35-33-,36-34+. The number of oxime groups is 2. The van der Waals surface area contributed by atoms with E-state index in [0.29, 0.717) is 24.3 Å². The highest BCUT2D eigenvalue weighted by Crippen LogP contribution is 2.19. The van der Waals surface area contributed by atoms with Gasteiger partial charge >= 0.3 is 0 Å². The van der Waals surface area contributed by atoms with Crippen molar-refractivity contribution in [1.82, 2.24) is 0 Å². The van der Waals surface area contributed by atoms with Gasteiger partial charge in [-0.25, -0.2) is 0 Å². The first-order valence-electron chi connectivity index (χ1n) is 15.6. The molecule has 0 aliphatic rings. The van der Waals surface area contributed by atoms with E-state index in [9.17, 15) is 10.4 Å². The van der Waals surface area contributed by atoms with Crippen LogP contribution in [0.4, 0.5) is 0 Å². The second-order valence-corrected chi connectivity index (χ2v) is 10.6. The van der Waals surface area contributed by atoms with Crippen LogP contribution >= 0.6 is 0 Å². The molecule has 0 saturated carbocycles. The molecule has 0 atom stereocenters. The van der Waals surface area contributed by atoms with Gasteiger partial charge in [-0.15, -0.1) is 0 Å². The van der Waals surface area contributed by atoms with E-state index in [1.54, 1.807) is 0 Å². The molecule has 0 heterocycles. The van der Waals surface area contributed by atoms with Gasteiger partial charge in [0.05, 0.1) is 13.2 Å². The molecule has 40 heavy (non-hydrogen) atoms. The minimum absolute atomic E-state index is 0.185. The molecule has 0 saturated heterocycles. The fourth-order valence-electron chi connectivity index (χ4n) is 4.75. The Morgan fingerprint density at radius 2 is 0.775 bits per heavy atom. The van der Waals surface area contributed by atoms with Crippen LogP contribution in [0.1, 0.15) is 128 Å². The minimum Gasteiger partial charge on any atom is -0.494 e. The smallest absolute Gasteiger partial charge is 0.139 e. The summed E-state index contributed by atoms with van der Waals surface area (Å²) in [6.07, 6.45) is 20.2. The molecule has 0 bridgehead atoms. The summed E-state index contributed by atoms with van der Waals surface area (Å²) in [5.74, 6) is 1.54. The van der Waals surface area contributed by atoms with E-state index in [2.05, 4.69) is 24.2 Å². The van der Waals surface area contributed by atoms with Crippen LogP contribution in [-0.2, 0) is 0 Å². The summed E-state index contributed by atoms with van der Waals surface area (Å²) in [5.41, 5.74) is 1.63. The summed E-state index contributed by atoms with van der Waals surface area (Å²) < 4.78 is 11.8. The van der Waals surface area contributed by atoms with E-state index in [0.717, 1.165) is 24.3 Å². The number of unbranched alkanes of at least 4 members (excludes halogenated alkanes) is 14. The van der Waals surface area contributed by atoms with Crippen LogP contribution in [0, 0.1) is 0 Å². The number of hydrogen-bond donors (Lipinski definition) is 2. The summed E-state index contributed by atoms with van der Waals surface area (Å²) in [6.45, 7) is 5.86. The van der Waals surface area contributed by atoms with Gasteiger partial charge in [-0.3, -0.25) is 0 Å². The maximum atomic E-state index is 9.75. The van der Waals surface area contributed by atoms with Crippen LogP contribution in [0.25, 0.3) is 0 Å². The highest BCUT2D eigenvalue weighted by atomic mass is 16.5. The third-order valence-electron chi connectivity index (χ3n) is 7.21. The van der Waals surface area contributed by atoms with Gasteiger partial charge in [0.1, 0.15) is 22.9 Å². The molecule has 0 radical (unpaired) electrons. The van der Waals surface area contributed by atoms with E-state index in [1.165, 1.54) is 89.9 Å². The van der Waals surface area contributed by atoms with Gasteiger partial charge in [0, 0.05) is 11.1 Å². The molecule has 0 spiro atoms. The molecule has 0 aliphatic heterocycles. The van der Waals surface area contributed by atoms with Gasteiger partial charge in [0.15, 0.2) is 0 Å². The number of nitrogens with zero attached hydrogens (tertiary/aromatic N) is 2. The predicted octanol–water partition coefficient (Wildman–Crippen LogP) is 9.78. The Labute approximate surface area is 242 Å². The number of rotatable bonds is 23. The van der Waals surface area contributed by atoms with Crippen LogP contribution in [0.3, 0.4) is 0 Å². The van der Waals surface area contributed by atoms with Gasteiger partial charge in [-0.2, -0.15) is 0 Å². The molecule has 6 heteroatoms. The van der Waals surface area contributed by atoms with E-state index < -0.39 is 0 Å². The van der Waals surface area contributed by atoms with Crippen LogP contribution in [0.15, 0.2) is 58.8 Å². The largest absolute Gasteiger partial charge is 0.494 e. The third kappa shape index (κ3) is 13.4. The van der Waals surface area contributed by atoms with E-state index in [1.807, 2.05) is 48.5 Å². The zero-order valence-electron chi connectivity index (χ0n) is 25.0. The Bertz CT molecular complexity index is 875. The van der Waals surface area contributed by atoms with Gasteiger partial charge in [-0.05, 0) is 61.4 Å². The van der Waals surface area contributed by atoms with Crippen molar-refractivity contribution < 1.29 is 19.9 Å². The second kappa shape index (κ2) is 21.8. The number of hydrogen-bond acceptors (Lipinski definition) is 6. The quantitative estimate of drug-likeness (QED) is 0.0622. The van der Waals surface area contributed by atoms with Crippen LogP contribution in [0.2, 0.25) is 0 Å². The van der Waals surface area contributed by atoms with Crippen molar-refractivity contribution >= 4 is 11.4 Å². The zero-order chi connectivity index (χ0) is 28.7. The van der Waals surface area contributed by atoms with E-state index in [4.69, 9.17) is 9.47 Å². The molecule has 2 aromatic carbocycles. The topological polar surface area (TPSA) is 83.6 Å². The SMILES string of the molecule is CCCCCCCCCCOc1ccc(C(=N/O)/C(=N/O)c2ccc(OCCCCCCCCCC)cc2)cc1. The monoisotopic (exact) mass is 552 g/mol. The summed E-state index contributed by atoms with van der Waals surface area (Å²) in [5, 5.41) is 26.4. The van der Waals surface area contributed by atoms with Gasteiger partial charge in [-0.1, -0.05) is 114 Å². The summed E-state index contributed by atoms with van der Waals surface area (Å²) in [4.78, 5) is 0. The van der Waals surface area contributed by atoms with Gasteiger partial charge in [0.25, 0.3) is 0 Å². The summed E-state index contributed by atoms with van der Waals surface area (Å²) in [7, 11) is 0. The van der Waals surface area contributed by atoms with Gasteiger partial charge < -0.3 is 19.9 Å². The van der Waals surface area contributed by atoms with Crippen molar-refractivity contribution in [2.75, 3.05) is 13.2 Å². The molecular formula is C34H52N2O4. The fourth-order valence-corrected chi connectivity index (χ4v) is 4.75. The maximum Gasteiger partial charge on any atom is 0.139 e. The maximum absolute atomic E-state index is 9.75. The average molecular weight is 553 g/mol. The third-order valence-corrected chi connectivity index (χ3v) is 7.21.